The van der Waals surface area contributed by atoms with Crippen LogP contribution in [0.15, 0.2) is 27.8 Å². The average Bonchev–Trinajstić information content (AvgIpc) is 3.36. The molecule has 140 valence electrons. The van der Waals surface area contributed by atoms with E-state index in [0.717, 1.165) is 19.4 Å². The minimum Gasteiger partial charge on any atom is -0.497 e. The Morgan fingerprint density at radius 3 is 2.96 bits per heavy atom. The Hall–Kier alpha value is -2.26. The number of methoxy groups -OCH3 is 2. The van der Waals surface area contributed by atoms with Crippen molar-refractivity contribution < 1.29 is 23.4 Å². The maximum Gasteiger partial charge on any atom is 0.277 e. The average molecular weight is 379 g/mol. The molecule has 0 aliphatic carbocycles. The van der Waals surface area contributed by atoms with E-state index in [4.69, 9.17) is 18.6 Å². The second-order valence-electron chi connectivity index (χ2n) is 5.67. The summed E-state index contributed by atoms with van der Waals surface area (Å²) in [5, 5.41) is 11.2. The zero-order valence-electron chi connectivity index (χ0n) is 14.7. The molecule has 8 nitrogen and oxygen atoms in total. The lowest BCUT2D eigenvalue weighted by Crippen LogP contribution is -2.32. The van der Waals surface area contributed by atoms with E-state index in [1.807, 2.05) is 0 Å². The predicted octanol–water partition coefficient (Wildman–Crippen LogP) is 2.14. The van der Waals surface area contributed by atoms with E-state index in [1.54, 1.807) is 32.4 Å². The van der Waals surface area contributed by atoms with Gasteiger partial charge in [-0.1, -0.05) is 11.8 Å². The minimum absolute atomic E-state index is 0.0905. The summed E-state index contributed by atoms with van der Waals surface area (Å²) in [5.41, 5.74) is 0.662. The Bertz CT molecular complexity index is 746. The van der Waals surface area contributed by atoms with Crippen molar-refractivity contribution in [3.8, 4) is 23.0 Å². The van der Waals surface area contributed by atoms with Gasteiger partial charge in [-0.2, -0.15) is 0 Å². The molecule has 26 heavy (non-hydrogen) atoms. The normalized spacial score (nSPS) is 16.5. The summed E-state index contributed by atoms with van der Waals surface area (Å²) >= 11 is 1.19. The molecule has 1 saturated heterocycles. The van der Waals surface area contributed by atoms with Crippen molar-refractivity contribution in [2.45, 2.75) is 24.2 Å². The fraction of sp³-hybridized carbons (Fsp3) is 0.471. The highest BCUT2D eigenvalue weighted by atomic mass is 32.2. The number of amides is 1. The van der Waals surface area contributed by atoms with Gasteiger partial charge < -0.3 is 23.9 Å². The molecule has 0 saturated carbocycles. The van der Waals surface area contributed by atoms with Gasteiger partial charge in [-0.05, 0) is 25.0 Å². The van der Waals surface area contributed by atoms with Crippen LogP contribution in [0.3, 0.4) is 0 Å². The largest absolute Gasteiger partial charge is 0.497 e. The van der Waals surface area contributed by atoms with Crippen LogP contribution in [-0.2, 0) is 9.53 Å². The van der Waals surface area contributed by atoms with E-state index in [-0.39, 0.29) is 17.8 Å². The summed E-state index contributed by atoms with van der Waals surface area (Å²) in [4.78, 5) is 11.9. The first-order chi connectivity index (χ1) is 12.7. The standard InChI is InChI=1S/C17H21N3O5S/c1-22-11-5-6-13(14(8-11)23-2)16-19-20-17(25-16)26-10-15(21)18-9-12-4-3-7-24-12/h5-6,8,12H,3-4,7,9-10H2,1-2H3,(H,18,21). The number of hydrogen-bond donors (Lipinski definition) is 1. The second kappa shape index (κ2) is 8.91. The van der Waals surface area contributed by atoms with Crippen LogP contribution in [0, 0.1) is 0 Å². The molecule has 2 aromatic rings. The van der Waals surface area contributed by atoms with E-state index < -0.39 is 0 Å². The van der Waals surface area contributed by atoms with Crippen molar-refractivity contribution in [1.29, 1.82) is 0 Å². The number of benzene rings is 1. The fourth-order valence-corrected chi connectivity index (χ4v) is 3.16. The Balaban J connectivity index is 1.55. The maximum atomic E-state index is 11.9. The van der Waals surface area contributed by atoms with Crippen LogP contribution in [0.4, 0.5) is 0 Å². The lowest BCUT2D eigenvalue weighted by Gasteiger charge is -2.09. The van der Waals surface area contributed by atoms with Gasteiger partial charge in [-0.25, -0.2) is 0 Å². The van der Waals surface area contributed by atoms with Gasteiger partial charge in [0.25, 0.3) is 11.1 Å². The summed E-state index contributed by atoms with van der Waals surface area (Å²) in [6.45, 7) is 1.31. The highest BCUT2D eigenvalue weighted by molar-refractivity contribution is 7.99. The predicted molar refractivity (Wildman–Crippen MR) is 95.5 cm³/mol. The van der Waals surface area contributed by atoms with Gasteiger partial charge >= 0.3 is 0 Å². The van der Waals surface area contributed by atoms with Crippen LogP contribution in [0.5, 0.6) is 11.5 Å². The summed E-state index contributed by atoms with van der Waals surface area (Å²) in [7, 11) is 3.14. The van der Waals surface area contributed by atoms with Crippen molar-refractivity contribution in [3.63, 3.8) is 0 Å². The Kier molecular flexibility index (Phi) is 6.35. The molecule has 1 unspecified atom stereocenters. The third kappa shape index (κ3) is 4.67. The lowest BCUT2D eigenvalue weighted by molar-refractivity contribution is -0.119. The van der Waals surface area contributed by atoms with Crippen molar-refractivity contribution in [1.82, 2.24) is 15.5 Å². The van der Waals surface area contributed by atoms with Gasteiger partial charge in [-0.3, -0.25) is 4.79 Å². The van der Waals surface area contributed by atoms with E-state index >= 15 is 0 Å². The molecular weight excluding hydrogens is 358 g/mol. The van der Waals surface area contributed by atoms with Crippen molar-refractivity contribution in [2.75, 3.05) is 33.1 Å². The fourth-order valence-electron chi connectivity index (χ4n) is 2.56. The summed E-state index contributed by atoms with van der Waals surface area (Å²) < 4.78 is 21.6. The Morgan fingerprint density at radius 2 is 2.23 bits per heavy atom. The number of carbonyl (C=O) groups excluding carboxylic acids is 1. The Labute approximate surface area is 155 Å². The van der Waals surface area contributed by atoms with Crippen molar-refractivity contribution >= 4 is 17.7 Å². The summed E-state index contributed by atoms with van der Waals surface area (Å²) in [5.74, 6) is 1.68. The molecule has 3 rings (SSSR count). The Morgan fingerprint density at radius 1 is 1.35 bits per heavy atom. The van der Waals surface area contributed by atoms with Crippen molar-refractivity contribution in [3.05, 3.63) is 18.2 Å². The zero-order chi connectivity index (χ0) is 18.4. The molecule has 0 radical (unpaired) electrons. The molecule has 1 amide bonds. The van der Waals surface area contributed by atoms with Crippen LogP contribution < -0.4 is 14.8 Å². The quantitative estimate of drug-likeness (QED) is 0.697. The van der Waals surface area contributed by atoms with E-state index in [2.05, 4.69) is 15.5 Å². The van der Waals surface area contributed by atoms with Gasteiger partial charge in [0.05, 0.1) is 31.6 Å². The lowest BCUT2D eigenvalue weighted by atomic mass is 10.2. The second-order valence-corrected chi connectivity index (χ2v) is 6.59. The van der Waals surface area contributed by atoms with Gasteiger partial charge in [0.15, 0.2) is 0 Å². The molecule has 9 heteroatoms. The number of nitrogens with one attached hydrogen (secondary N) is 1. The smallest absolute Gasteiger partial charge is 0.277 e. The van der Waals surface area contributed by atoms with Crippen LogP contribution in [0.1, 0.15) is 12.8 Å². The van der Waals surface area contributed by atoms with E-state index in [0.29, 0.717) is 34.7 Å². The number of thioether (sulfide) groups is 1. The van der Waals surface area contributed by atoms with Gasteiger partial charge in [0, 0.05) is 19.2 Å². The molecule has 1 aliphatic heterocycles. The zero-order valence-corrected chi connectivity index (χ0v) is 15.5. The summed E-state index contributed by atoms with van der Waals surface area (Å²) in [6.07, 6.45) is 2.17. The van der Waals surface area contributed by atoms with Gasteiger partial charge in [0.1, 0.15) is 11.5 Å². The third-order valence-corrected chi connectivity index (χ3v) is 4.74. The highest BCUT2D eigenvalue weighted by Crippen LogP contribution is 2.33. The topological polar surface area (TPSA) is 95.7 Å². The van der Waals surface area contributed by atoms with E-state index in [9.17, 15) is 4.79 Å². The highest BCUT2D eigenvalue weighted by Gasteiger charge is 2.18. The molecule has 0 bridgehead atoms. The third-order valence-electron chi connectivity index (χ3n) is 3.92. The van der Waals surface area contributed by atoms with E-state index in [1.165, 1.54) is 11.8 Å². The van der Waals surface area contributed by atoms with Gasteiger partial charge in [-0.15, -0.1) is 10.2 Å². The molecule has 1 aliphatic rings. The molecule has 1 atom stereocenters. The molecular formula is C17H21N3O5S. The number of aromatic nitrogens is 2. The first-order valence-corrected chi connectivity index (χ1v) is 9.25. The SMILES string of the molecule is COc1ccc(-c2nnc(SCC(=O)NCC3CCCO3)o2)c(OC)c1. The molecule has 2 heterocycles. The minimum atomic E-state index is -0.0905. The van der Waals surface area contributed by atoms with Crippen LogP contribution in [0.2, 0.25) is 0 Å². The maximum absolute atomic E-state index is 11.9. The number of nitrogens with zero attached hydrogens (tertiary/aromatic N) is 2. The number of carbonyl (C=O) groups is 1. The molecule has 1 fully saturated rings. The molecule has 1 N–H and O–H groups in total. The number of ether oxygens (including phenoxy) is 3. The molecule has 1 aromatic heterocycles. The van der Waals surface area contributed by atoms with Crippen LogP contribution in [-0.4, -0.2) is 55.3 Å². The van der Waals surface area contributed by atoms with Gasteiger partial charge in [0.2, 0.25) is 5.91 Å². The molecule has 1 aromatic carbocycles. The first-order valence-electron chi connectivity index (χ1n) is 8.26. The number of rotatable bonds is 8. The first kappa shape index (κ1) is 18.5. The van der Waals surface area contributed by atoms with Crippen molar-refractivity contribution in [2.24, 2.45) is 0 Å². The number of hydrogen-bond acceptors (Lipinski definition) is 8. The summed E-state index contributed by atoms with van der Waals surface area (Å²) in [6, 6.07) is 5.31. The molecule has 0 spiro atoms. The van der Waals surface area contributed by atoms with Crippen LogP contribution >= 0.6 is 11.8 Å². The monoisotopic (exact) mass is 379 g/mol. The van der Waals surface area contributed by atoms with Crippen LogP contribution in [0.25, 0.3) is 11.5 Å².